The van der Waals surface area contributed by atoms with E-state index < -0.39 is 0 Å². The maximum absolute atomic E-state index is 5.59. The molecule has 2 heteroatoms. The van der Waals surface area contributed by atoms with Gasteiger partial charge < -0.3 is 5.73 Å². The molecule has 2 N–H and O–H groups in total. The molecule has 108 valence electrons. The molecule has 0 aliphatic heterocycles. The molecule has 3 rings (SSSR count). The lowest BCUT2D eigenvalue weighted by molar-refractivity contribution is 0.691. The summed E-state index contributed by atoms with van der Waals surface area (Å²) in [5.74, 6) is 0. The third-order valence-electron chi connectivity index (χ3n) is 3.84. The minimum atomic E-state index is 0.804. The molecule has 0 saturated heterocycles. The molecule has 2 aromatic carbocycles. The first-order chi connectivity index (χ1) is 10.4. The zero-order chi connectivity index (χ0) is 14.5. The molecule has 0 saturated carbocycles. The van der Waals surface area contributed by atoms with Crippen molar-refractivity contribution in [2.75, 3.05) is 6.54 Å². The fraction of sp³-hybridized carbons (Fsp3) is 0.263. The minimum Gasteiger partial charge on any atom is -0.330 e. The van der Waals surface area contributed by atoms with Crippen LogP contribution >= 0.6 is 11.3 Å². The van der Waals surface area contributed by atoms with E-state index in [0.717, 1.165) is 19.4 Å². The quantitative estimate of drug-likeness (QED) is 0.618. The molecule has 0 radical (unpaired) electrons. The summed E-state index contributed by atoms with van der Waals surface area (Å²) in [6, 6.07) is 19.5. The topological polar surface area (TPSA) is 26.0 Å². The van der Waals surface area contributed by atoms with Gasteiger partial charge in [0.15, 0.2) is 0 Å². The average molecular weight is 295 g/mol. The number of unbranched alkanes of at least 4 members (excludes halogenated alkanes) is 2. The molecular formula is C19H21NS. The molecule has 0 bridgehead atoms. The second-order valence-electron chi connectivity index (χ2n) is 5.36. The molecule has 21 heavy (non-hydrogen) atoms. The smallest absolute Gasteiger partial charge is 0.0352 e. The Hall–Kier alpha value is -1.64. The van der Waals surface area contributed by atoms with Gasteiger partial charge in [-0.15, -0.1) is 11.3 Å². The summed E-state index contributed by atoms with van der Waals surface area (Å²) in [7, 11) is 0. The van der Waals surface area contributed by atoms with E-state index in [1.54, 1.807) is 0 Å². The summed E-state index contributed by atoms with van der Waals surface area (Å²) in [4.78, 5) is 1.51. The number of fused-ring (bicyclic) bond motifs is 1. The molecule has 3 aromatic rings. The molecule has 0 aliphatic carbocycles. The number of nitrogens with two attached hydrogens (primary N) is 1. The highest BCUT2D eigenvalue weighted by atomic mass is 32.1. The van der Waals surface area contributed by atoms with Gasteiger partial charge in [0.05, 0.1) is 0 Å². The van der Waals surface area contributed by atoms with Crippen molar-refractivity contribution in [3.05, 3.63) is 59.5 Å². The standard InChI is InChI=1S/C19H21NS/c20-14-8-2-5-13-18-19(15-9-3-1-4-10-15)16-11-6-7-12-17(16)21-18/h1,3-4,6-7,9-12H,2,5,8,13-14,20H2. The van der Waals surface area contributed by atoms with E-state index in [0.29, 0.717) is 0 Å². The monoisotopic (exact) mass is 295 g/mol. The van der Waals surface area contributed by atoms with Gasteiger partial charge in [-0.3, -0.25) is 0 Å². The Bertz CT molecular complexity index is 700. The number of hydrogen-bond donors (Lipinski definition) is 1. The molecule has 1 heterocycles. The highest BCUT2D eigenvalue weighted by Gasteiger charge is 2.13. The van der Waals surface area contributed by atoms with Gasteiger partial charge in [0.25, 0.3) is 0 Å². The van der Waals surface area contributed by atoms with Crippen molar-refractivity contribution in [2.45, 2.75) is 25.7 Å². The van der Waals surface area contributed by atoms with Crippen LogP contribution in [0.3, 0.4) is 0 Å². The minimum absolute atomic E-state index is 0.804. The van der Waals surface area contributed by atoms with E-state index in [2.05, 4.69) is 54.6 Å². The molecule has 1 aromatic heterocycles. The Morgan fingerprint density at radius 2 is 1.57 bits per heavy atom. The maximum Gasteiger partial charge on any atom is 0.0352 e. The average Bonchev–Trinajstić information content (AvgIpc) is 2.90. The highest BCUT2D eigenvalue weighted by molar-refractivity contribution is 7.19. The predicted octanol–water partition coefficient (Wildman–Crippen LogP) is 5.24. The van der Waals surface area contributed by atoms with Crippen molar-refractivity contribution >= 4 is 21.4 Å². The van der Waals surface area contributed by atoms with Gasteiger partial charge in [0.2, 0.25) is 0 Å². The first-order valence-corrected chi connectivity index (χ1v) is 8.47. The van der Waals surface area contributed by atoms with Crippen molar-refractivity contribution < 1.29 is 0 Å². The zero-order valence-electron chi connectivity index (χ0n) is 12.2. The fourth-order valence-electron chi connectivity index (χ4n) is 2.80. The van der Waals surface area contributed by atoms with Crippen molar-refractivity contribution in [2.24, 2.45) is 5.73 Å². The van der Waals surface area contributed by atoms with Crippen LogP contribution in [0, 0.1) is 0 Å². The summed E-state index contributed by atoms with van der Waals surface area (Å²) >= 11 is 1.95. The number of thiophene rings is 1. The Balaban J connectivity index is 1.98. The summed E-state index contributed by atoms with van der Waals surface area (Å²) < 4.78 is 1.39. The summed E-state index contributed by atoms with van der Waals surface area (Å²) in [5, 5.41) is 1.39. The molecule has 1 nitrogen and oxygen atoms in total. The van der Waals surface area contributed by atoms with E-state index in [1.165, 1.54) is 38.9 Å². The van der Waals surface area contributed by atoms with E-state index in [1.807, 2.05) is 11.3 Å². The second-order valence-corrected chi connectivity index (χ2v) is 6.50. The Kier molecular flexibility index (Phi) is 4.69. The number of aryl methyl sites for hydroxylation is 1. The lowest BCUT2D eigenvalue weighted by Crippen LogP contribution is -1.98. The third kappa shape index (κ3) is 3.17. The Labute approximate surface area is 130 Å². The largest absolute Gasteiger partial charge is 0.330 e. The van der Waals surface area contributed by atoms with E-state index in [-0.39, 0.29) is 0 Å². The van der Waals surface area contributed by atoms with Crippen LogP contribution in [-0.2, 0) is 6.42 Å². The molecule has 0 fully saturated rings. The lowest BCUT2D eigenvalue weighted by atomic mass is 10.00. The fourth-order valence-corrected chi connectivity index (χ4v) is 4.07. The van der Waals surface area contributed by atoms with Crippen molar-refractivity contribution in [1.29, 1.82) is 0 Å². The SMILES string of the molecule is NCCCCCc1sc2ccccc2c1-c1ccccc1. The van der Waals surface area contributed by atoms with Crippen molar-refractivity contribution in [3.8, 4) is 11.1 Å². The molecular weight excluding hydrogens is 274 g/mol. The normalized spacial score (nSPS) is 11.1. The molecule has 0 spiro atoms. The van der Waals surface area contributed by atoms with Gasteiger partial charge in [-0.2, -0.15) is 0 Å². The Morgan fingerprint density at radius 1 is 0.810 bits per heavy atom. The van der Waals surface area contributed by atoms with E-state index in [9.17, 15) is 0 Å². The first kappa shape index (κ1) is 14.3. The summed E-state index contributed by atoms with van der Waals surface area (Å²) in [6.45, 7) is 0.804. The van der Waals surface area contributed by atoms with Crippen LogP contribution in [0.2, 0.25) is 0 Å². The predicted molar refractivity (Wildman–Crippen MR) is 93.9 cm³/mol. The molecule has 0 atom stereocenters. The first-order valence-electron chi connectivity index (χ1n) is 7.66. The number of hydrogen-bond acceptors (Lipinski definition) is 2. The van der Waals surface area contributed by atoms with E-state index >= 15 is 0 Å². The third-order valence-corrected chi connectivity index (χ3v) is 5.07. The van der Waals surface area contributed by atoms with Crippen LogP contribution in [0.15, 0.2) is 54.6 Å². The van der Waals surface area contributed by atoms with Crippen LogP contribution in [-0.4, -0.2) is 6.54 Å². The van der Waals surface area contributed by atoms with Gasteiger partial charge in [0, 0.05) is 20.5 Å². The van der Waals surface area contributed by atoms with Crippen LogP contribution in [0.25, 0.3) is 21.2 Å². The van der Waals surface area contributed by atoms with Gasteiger partial charge in [-0.05, 0) is 37.4 Å². The van der Waals surface area contributed by atoms with E-state index in [4.69, 9.17) is 5.73 Å². The number of benzene rings is 2. The summed E-state index contributed by atoms with van der Waals surface area (Å²) in [5.41, 5.74) is 8.36. The van der Waals surface area contributed by atoms with Crippen LogP contribution < -0.4 is 5.73 Å². The highest BCUT2D eigenvalue weighted by Crippen LogP contribution is 2.39. The van der Waals surface area contributed by atoms with Crippen LogP contribution in [0.1, 0.15) is 24.1 Å². The van der Waals surface area contributed by atoms with Crippen LogP contribution in [0.4, 0.5) is 0 Å². The Morgan fingerprint density at radius 3 is 2.38 bits per heavy atom. The van der Waals surface area contributed by atoms with Crippen molar-refractivity contribution in [3.63, 3.8) is 0 Å². The maximum atomic E-state index is 5.59. The number of rotatable bonds is 6. The lowest BCUT2D eigenvalue weighted by Gasteiger charge is -2.05. The van der Waals surface area contributed by atoms with Gasteiger partial charge in [-0.25, -0.2) is 0 Å². The van der Waals surface area contributed by atoms with Gasteiger partial charge in [-0.1, -0.05) is 55.0 Å². The second kappa shape index (κ2) is 6.88. The zero-order valence-corrected chi connectivity index (χ0v) is 13.0. The summed E-state index contributed by atoms with van der Waals surface area (Å²) in [6.07, 6.45) is 4.73. The molecule has 0 amide bonds. The molecule has 0 aliphatic rings. The molecule has 0 unspecified atom stereocenters. The van der Waals surface area contributed by atoms with Crippen molar-refractivity contribution in [1.82, 2.24) is 0 Å². The van der Waals surface area contributed by atoms with Crippen LogP contribution in [0.5, 0.6) is 0 Å². The van der Waals surface area contributed by atoms with Gasteiger partial charge >= 0.3 is 0 Å². The van der Waals surface area contributed by atoms with Gasteiger partial charge in [0.1, 0.15) is 0 Å².